The Morgan fingerprint density at radius 3 is 2.45 bits per heavy atom. The second kappa shape index (κ2) is 10.6. The smallest absolute Gasteiger partial charge is 0.243 e. The molecule has 0 aliphatic carbocycles. The van der Waals surface area contributed by atoms with Crippen LogP contribution in [0.4, 0.5) is 0 Å². The lowest BCUT2D eigenvalue weighted by atomic mass is 10.1. The summed E-state index contributed by atoms with van der Waals surface area (Å²) in [4.78, 5) is 27.8. The standard InChI is InChI=1S/C24H30N2O4S/c1-16(2)23(28)26-19(22(27)25-13-12-17-8-6-5-7-9-17)15-31-24(26)18-10-11-20(29-3)21(14-18)30-4/h5-11,14,16,19,24H,12-13,15H2,1-4H3,(H,25,27). The van der Waals surface area contributed by atoms with Crippen molar-refractivity contribution in [2.45, 2.75) is 31.7 Å². The summed E-state index contributed by atoms with van der Waals surface area (Å²) in [5, 5.41) is 2.77. The van der Waals surface area contributed by atoms with Crippen molar-refractivity contribution in [2.75, 3.05) is 26.5 Å². The average molecular weight is 443 g/mol. The van der Waals surface area contributed by atoms with E-state index in [4.69, 9.17) is 9.47 Å². The third-order valence-electron chi connectivity index (χ3n) is 5.30. The van der Waals surface area contributed by atoms with Crippen molar-refractivity contribution in [3.05, 3.63) is 59.7 Å². The van der Waals surface area contributed by atoms with Gasteiger partial charge in [0.1, 0.15) is 11.4 Å². The van der Waals surface area contributed by atoms with Crippen LogP contribution >= 0.6 is 11.8 Å². The van der Waals surface area contributed by atoms with Crippen molar-refractivity contribution in [3.63, 3.8) is 0 Å². The predicted molar refractivity (Wildman–Crippen MR) is 123 cm³/mol. The molecule has 2 atom stereocenters. The number of methoxy groups -OCH3 is 2. The highest BCUT2D eigenvalue weighted by Crippen LogP contribution is 2.44. The van der Waals surface area contributed by atoms with Crippen LogP contribution in [0.25, 0.3) is 0 Å². The van der Waals surface area contributed by atoms with E-state index >= 15 is 0 Å². The van der Waals surface area contributed by atoms with E-state index in [1.807, 2.05) is 62.4 Å². The van der Waals surface area contributed by atoms with Crippen LogP contribution in [0.5, 0.6) is 11.5 Å². The fraction of sp³-hybridized carbons (Fsp3) is 0.417. The second-order valence-electron chi connectivity index (χ2n) is 7.74. The number of ether oxygens (including phenoxy) is 2. The van der Waals surface area contributed by atoms with Gasteiger partial charge >= 0.3 is 0 Å². The maximum absolute atomic E-state index is 13.1. The first-order valence-corrected chi connectivity index (χ1v) is 11.5. The minimum atomic E-state index is -0.506. The zero-order chi connectivity index (χ0) is 22.4. The van der Waals surface area contributed by atoms with Crippen LogP contribution < -0.4 is 14.8 Å². The number of carbonyl (C=O) groups excluding carboxylic acids is 2. The van der Waals surface area contributed by atoms with Gasteiger partial charge in [-0.05, 0) is 29.7 Å². The van der Waals surface area contributed by atoms with Gasteiger partial charge in [-0.15, -0.1) is 11.8 Å². The zero-order valence-corrected chi connectivity index (χ0v) is 19.3. The summed E-state index contributed by atoms with van der Waals surface area (Å²) in [7, 11) is 3.18. The van der Waals surface area contributed by atoms with Gasteiger partial charge in [-0.3, -0.25) is 9.59 Å². The number of thioether (sulfide) groups is 1. The number of nitrogens with one attached hydrogen (secondary N) is 1. The Morgan fingerprint density at radius 2 is 1.81 bits per heavy atom. The molecule has 2 aromatic rings. The largest absolute Gasteiger partial charge is 0.493 e. The second-order valence-corrected chi connectivity index (χ2v) is 8.86. The van der Waals surface area contributed by atoms with Gasteiger partial charge in [0.15, 0.2) is 11.5 Å². The lowest BCUT2D eigenvalue weighted by molar-refractivity contribution is -0.142. The Kier molecular flexibility index (Phi) is 7.85. The minimum Gasteiger partial charge on any atom is -0.493 e. The highest BCUT2D eigenvalue weighted by atomic mass is 32.2. The van der Waals surface area contributed by atoms with Gasteiger partial charge in [-0.25, -0.2) is 0 Å². The van der Waals surface area contributed by atoms with E-state index in [2.05, 4.69) is 5.32 Å². The maximum Gasteiger partial charge on any atom is 0.243 e. The molecule has 31 heavy (non-hydrogen) atoms. The molecule has 1 aliphatic rings. The molecule has 7 heteroatoms. The molecule has 6 nitrogen and oxygen atoms in total. The van der Waals surface area contributed by atoms with Gasteiger partial charge in [0.05, 0.1) is 14.2 Å². The van der Waals surface area contributed by atoms with Crippen molar-refractivity contribution in [1.82, 2.24) is 10.2 Å². The molecule has 0 saturated carbocycles. The van der Waals surface area contributed by atoms with Crippen molar-refractivity contribution in [2.24, 2.45) is 5.92 Å². The van der Waals surface area contributed by atoms with E-state index in [9.17, 15) is 9.59 Å². The lowest BCUT2D eigenvalue weighted by Gasteiger charge is -2.30. The molecular weight excluding hydrogens is 412 g/mol. The summed E-state index contributed by atoms with van der Waals surface area (Å²) in [5.74, 6) is 1.43. The Bertz CT molecular complexity index is 904. The molecule has 2 unspecified atom stereocenters. The third-order valence-corrected chi connectivity index (χ3v) is 6.62. The molecule has 0 bridgehead atoms. The molecule has 0 radical (unpaired) electrons. The number of rotatable bonds is 8. The van der Waals surface area contributed by atoms with Crippen LogP contribution in [0.2, 0.25) is 0 Å². The topological polar surface area (TPSA) is 67.9 Å². The fourth-order valence-corrected chi connectivity index (χ4v) is 5.06. The molecule has 2 aromatic carbocycles. The molecule has 1 heterocycles. The third kappa shape index (κ3) is 5.34. The lowest BCUT2D eigenvalue weighted by Crippen LogP contribution is -2.49. The fourth-order valence-electron chi connectivity index (χ4n) is 3.63. The monoisotopic (exact) mass is 442 g/mol. The van der Waals surface area contributed by atoms with E-state index in [1.54, 1.807) is 30.9 Å². The molecule has 166 valence electrons. The molecule has 0 aromatic heterocycles. The first-order valence-electron chi connectivity index (χ1n) is 10.4. The predicted octanol–water partition coefficient (Wildman–Crippen LogP) is 3.66. The molecule has 1 N–H and O–H groups in total. The highest BCUT2D eigenvalue weighted by Gasteiger charge is 2.42. The highest BCUT2D eigenvalue weighted by molar-refractivity contribution is 7.99. The van der Waals surface area contributed by atoms with Crippen LogP contribution in [-0.2, 0) is 16.0 Å². The van der Waals surface area contributed by atoms with E-state index in [0.717, 1.165) is 12.0 Å². The molecule has 0 spiro atoms. The summed E-state index contributed by atoms with van der Waals surface area (Å²) < 4.78 is 10.8. The first kappa shape index (κ1) is 23.0. The number of amides is 2. The van der Waals surface area contributed by atoms with Crippen molar-refractivity contribution in [3.8, 4) is 11.5 Å². The van der Waals surface area contributed by atoms with Crippen LogP contribution in [0.3, 0.4) is 0 Å². The molecule has 1 aliphatic heterocycles. The van der Waals surface area contributed by atoms with E-state index in [1.165, 1.54) is 5.56 Å². The van der Waals surface area contributed by atoms with Crippen LogP contribution in [0.15, 0.2) is 48.5 Å². The maximum atomic E-state index is 13.1. The molecule has 2 amide bonds. The molecule has 3 rings (SSSR count). The average Bonchev–Trinajstić information content (AvgIpc) is 3.23. The SMILES string of the molecule is COc1ccc(C2SCC(C(=O)NCCc3ccccc3)N2C(=O)C(C)C)cc1OC. The van der Waals surface area contributed by atoms with E-state index < -0.39 is 6.04 Å². The van der Waals surface area contributed by atoms with Gasteiger partial charge in [0.2, 0.25) is 11.8 Å². The summed E-state index contributed by atoms with van der Waals surface area (Å²) in [6.45, 7) is 4.26. The Labute approximate surface area is 188 Å². The van der Waals surface area contributed by atoms with Crippen molar-refractivity contribution >= 4 is 23.6 Å². The van der Waals surface area contributed by atoms with E-state index in [-0.39, 0.29) is 23.1 Å². The van der Waals surface area contributed by atoms with Gasteiger partial charge in [0.25, 0.3) is 0 Å². The van der Waals surface area contributed by atoms with Crippen LogP contribution in [-0.4, -0.2) is 49.3 Å². The van der Waals surface area contributed by atoms with Gasteiger partial charge in [-0.2, -0.15) is 0 Å². The minimum absolute atomic E-state index is 0.0343. The number of benzene rings is 2. The summed E-state index contributed by atoms with van der Waals surface area (Å²) in [6, 6.07) is 15.2. The number of nitrogens with zero attached hydrogens (tertiary/aromatic N) is 1. The van der Waals surface area contributed by atoms with Crippen LogP contribution in [0.1, 0.15) is 30.3 Å². The van der Waals surface area contributed by atoms with Gasteiger partial charge < -0.3 is 19.7 Å². The summed E-state index contributed by atoms with van der Waals surface area (Å²) in [5.41, 5.74) is 2.08. The quantitative estimate of drug-likeness (QED) is 0.676. The first-order chi connectivity index (χ1) is 15.0. The zero-order valence-electron chi connectivity index (χ0n) is 18.5. The van der Waals surface area contributed by atoms with Crippen molar-refractivity contribution in [1.29, 1.82) is 0 Å². The normalized spacial score (nSPS) is 18.2. The Hall–Kier alpha value is -2.67. The van der Waals surface area contributed by atoms with Gasteiger partial charge in [-0.1, -0.05) is 50.2 Å². The van der Waals surface area contributed by atoms with Crippen molar-refractivity contribution < 1.29 is 19.1 Å². The Morgan fingerprint density at radius 1 is 1.10 bits per heavy atom. The number of hydrogen-bond donors (Lipinski definition) is 1. The molecular formula is C24H30N2O4S. The Balaban J connectivity index is 1.76. The van der Waals surface area contributed by atoms with Gasteiger partial charge in [0, 0.05) is 18.2 Å². The summed E-state index contributed by atoms with van der Waals surface area (Å²) in [6.07, 6.45) is 0.754. The number of hydrogen-bond acceptors (Lipinski definition) is 5. The molecule has 1 fully saturated rings. The number of carbonyl (C=O) groups is 2. The molecule has 1 saturated heterocycles. The van der Waals surface area contributed by atoms with E-state index in [0.29, 0.717) is 23.8 Å². The van der Waals surface area contributed by atoms with Crippen LogP contribution in [0, 0.1) is 5.92 Å². The summed E-state index contributed by atoms with van der Waals surface area (Å²) >= 11 is 1.60.